The van der Waals surface area contributed by atoms with Gasteiger partial charge in [0.05, 0.1) is 14.8 Å². The second-order valence-corrected chi connectivity index (χ2v) is 19.6. The zero-order valence-electron chi connectivity index (χ0n) is 32.5. The maximum absolute atomic E-state index is 3.70. The fraction of sp³-hybridized carbons (Fsp3) is 0.417. The minimum absolute atomic E-state index is 0.0785. The van der Waals surface area contributed by atoms with Gasteiger partial charge in [0, 0.05) is 49.7 Å². The largest absolute Gasteiger partial charge is 0.340 e. The number of benzene rings is 4. The SMILES string of the molecule is CCCCCCCCCCCCn1c2ccc(-c3ccc(Br)s3)cc2c2cc(-n3c4ccc(C(C)(C)C)cc4c4cc(C(C)(C)C)ccc43)ccc21. The number of thiophene rings is 1. The molecule has 0 bridgehead atoms. The van der Waals surface area contributed by atoms with Crippen molar-refractivity contribution in [2.24, 2.45) is 0 Å². The molecule has 4 heteroatoms. The number of nitrogens with zero attached hydrogens (tertiary/aromatic N) is 2. The highest BCUT2D eigenvalue weighted by molar-refractivity contribution is 9.11. The molecule has 3 aromatic heterocycles. The van der Waals surface area contributed by atoms with E-state index in [1.54, 1.807) is 11.3 Å². The molecule has 0 fully saturated rings. The average molecular weight is 774 g/mol. The first-order valence-electron chi connectivity index (χ1n) is 19.9. The molecule has 0 N–H and O–H groups in total. The molecule has 0 saturated heterocycles. The van der Waals surface area contributed by atoms with E-state index in [9.17, 15) is 0 Å². The van der Waals surface area contributed by atoms with Gasteiger partial charge < -0.3 is 9.13 Å². The zero-order valence-corrected chi connectivity index (χ0v) is 34.9. The highest BCUT2D eigenvalue weighted by Gasteiger charge is 2.22. The summed E-state index contributed by atoms with van der Waals surface area (Å²) in [5.41, 5.74) is 10.6. The Hall–Kier alpha value is -3.34. The lowest BCUT2D eigenvalue weighted by atomic mass is 9.85. The molecular weight excluding hydrogens is 717 g/mol. The first-order chi connectivity index (χ1) is 24.9. The number of unbranched alkanes of at least 4 members (excludes halogenated alkanes) is 9. The van der Waals surface area contributed by atoms with Crippen molar-refractivity contribution in [1.82, 2.24) is 9.13 Å². The Balaban J connectivity index is 1.30. The normalized spacial score (nSPS) is 12.7. The molecular formula is C48H57BrN2S. The van der Waals surface area contributed by atoms with Crippen LogP contribution in [-0.4, -0.2) is 9.13 Å². The molecule has 0 atom stereocenters. The van der Waals surface area contributed by atoms with Crippen molar-refractivity contribution in [1.29, 1.82) is 0 Å². The van der Waals surface area contributed by atoms with Crippen molar-refractivity contribution in [2.75, 3.05) is 0 Å². The van der Waals surface area contributed by atoms with E-state index in [4.69, 9.17) is 0 Å². The maximum atomic E-state index is 3.70. The van der Waals surface area contributed by atoms with Crippen LogP contribution < -0.4 is 0 Å². The van der Waals surface area contributed by atoms with Crippen LogP contribution >= 0.6 is 27.3 Å². The van der Waals surface area contributed by atoms with Gasteiger partial charge in [0.25, 0.3) is 0 Å². The van der Waals surface area contributed by atoms with E-state index >= 15 is 0 Å². The van der Waals surface area contributed by atoms with E-state index in [1.165, 1.54) is 139 Å². The minimum atomic E-state index is 0.0785. The van der Waals surface area contributed by atoms with Gasteiger partial charge in [-0.15, -0.1) is 11.3 Å². The summed E-state index contributed by atoms with van der Waals surface area (Å²) in [4.78, 5) is 1.30. The number of aromatic nitrogens is 2. The number of hydrogen-bond acceptors (Lipinski definition) is 1. The summed E-state index contributed by atoms with van der Waals surface area (Å²) in [5, 5.41) is 5.35. The first-order valence-corrected chi connectivity index (χ1v) is 21.5. The second kappa shape index (κ2) is 15.2. The Bertz CT molecular complexity index is 2260. The molecule has 0 aliphatic carbocycles. The van der Waals surface area contributed by atoms with Crippen LogP contribution in [0.1, 0.15) is 124 Å². The molecule has 0 aliphatic rings. The van der Waals surface area contributed by atoms with Crippen LogP contribution in [0.3, 0.4) is 0 Å². The zero-order chi connectivity index (χ0) is 36.6. The molecule has 0 aliphatic heterocycles. The van der Waals surface area contributed by atoms with Gasteiger partial charge in [0.1, 0.15) is 0 Å². The molecule has 52 heavy (non-hydrogen) atoms. The van der Waals surface area contributed by atoms with Gasteiger partial charge in [-0.05, 0) is 117 Å². The second-order valence-electron chi connectivity index (χ2n) is 17.2. The number of aryl methyl sites for hydroxylation is 1. The van der Waals surface area contributed by atoms with Crippen molar-refractivity contribution in [3.63, 3.8) is 0 Å². The molecule has 0 saturated carbocycles. The average Bonchev–Trinajstić information content (AvgIpc) is 3.79. The van der Waals surface area contributed by atoms with Gasteiger partial charge in [-0.3, -0.25) is 0 Å². The Morgan fingerprint density at radius 2 is 1.02 bits per heavy atom. The summed E-state index contributed by atoms with van der Waals surface area (Å²) in [5.74, 6) is 0. The van der Waals surface area contributed by atoms with E-state index in [1.807, 2.05) is 0 Å². The van der Waals surface area contributed by atoms with Crippen LogP contribution in [0.4, 0.5) is 0 Å². The monoisotopic (exact) mass is 772 g/mol. The molecule has 272 valence electrons. The summed E-state index contributed by atoms with van der Waals surface area (Å²) in [6.45, 7) is 17.3. The van der Waals surface area contributed by atoms with Crippen LogP contribution in [0, 0.1) is 0 Å². The van der Waals surface area contributed by atoms with Crippen LogP contribution in [-0.2, 0) is 17.4 Å². The van der Waals surface area contributed by atoms with Crippen molar-refractivity contribution < 1.29 is 0 Å². The van der Waals surface area contributed by atoms with Crippen molar-refractivity contribution in [3.05, 3.63) is 99.8 Å². The predicted molar refractivity (Wildman–Crippen MR) is 234 cm³/mol. The number of rotatable bonds is 13. The lowest BCUT2D eigenvalue weighted by Crippen LogP contribution is -2.10. The number of halogens is 1. The molecule has 3 heterocycles. The van der Waals surface area contributed by atoms with E-state index < -0.39 is 0 Å². The Morgan fingerprint density at radius 1 is 0.519 bits per heavy atom. The molecule has 0 amide bonds. The van der Waals surface area contributed by atoms with Crippen molar-refractivity contribution in [2.45, 2.75) is 130 Å². The van der Waals surface area contributed by atoms with Gasteiger partial charge in [0.15, 0.2) is 0 Å². The molecule has 0 spiro atoms. The van der Waals surface area contributed by atoms with Gasteiger partial charge >= 0.3 is 0 Å². The third-order valence-corrected chi connectivity index (χ3v) is 12.9. The van der Waals surface area contributed by atoms with E-state index in [-0.39, 0.29) is 10.8 Å². The highest BCUT2D eigenvalue weighted by Crippen LogP contribution is 2.41. The van der Waals surface area contributed by atoms with E-state index in [0.29, 0.717) is 0 Å². The molecule has 2 nitrogen and oxygen atoms in total. The predicted octanol–water partition coefficient (Wildman–Crippen LogP) is 15.9. The number of fused-ring (bicyclic) bond motifs is 6. The smallest absolute Gasteiger partial charge is 0.0705 e. The van der Waals surface area contributed by atoms with Crippen molar-refractivity contribution >= 4 is 70.9 Å². The Kier molecular flexibility index (Phi) is 10.8. The topological polar surface area (TPSA) is 9.86 Å². The van der Waals surface area contributed by atoms with Crippen LogP contribution in [0.5, 0.6) is 0 Å². The summed E-state index contributed by atoms with van der Waals surface area (Å²) in [7, 11) is 0. The highest BCUT2D eigenvalue weighted by atomic mass is 79.9. The standard InChI is InChI=1S/C48H57BrN2S/c1-8-9-10-11-12-13-14-15-16-17-28-50-41-22-18-33(45-26-27-46(49)52-45)29-37(41)40-32-36(21-25-42(40)50)51-43-23-19-34(47(2,3)4)30-38(43)39-31-35(48(5,6)7)20-24-44(39)51/h18-27,29-32H,8-17,28H2,1-7H3. The fourth-order valence-corrected chi connectivity index (χ4v) is 9.47. The lowest BCUT2D eigenvalue weighted by Gasteiger charge is -2.19. The summed E-state index contributed by atoms with van der Waals surface area (Å²) >= 11 is 5.51. The summed E-state index contributed by atoms with van der Waals surface area (Å²) in [6.07, 6.45) is 13.6. The Morgan fingerprint density at radius 3 is 1.56 bits per heavy atom. The maximum Gasteiger partial charge on any atom is 0.0705 e. The summed E-state index contributed by atoms with van der Waals surface area (Å²) < 4.78 is 6.28. The lowest BCUT2D eigenvalue weighted by molar-refractivity contribution is 0.541. The third-order valence-electron chi connectivity index (χ3n) is 11.2. The minimum Gasteiger partial charge on any atom is -0.340 e. The van der Waals surface area contributed by atoms with Crippen molar-refractivity contribution in [3.8, 4) is 16.1 Å². The van der Waals surface area contributed by atoms with Gasteiger partial charge in [-0.25, -0.2) is 0 Å². The van der Waals surface area contributed by atoms with Gasteiger partial charge in [0.2, 0.25) is 0 Å². The Labute approximate surface area is 324 Å². The van der Waals surface area contributed by atoms with E-state index in [2.05, 4.69) is 158 Å². The van der Waals surface area contributed by atoms with Crippen LogP contribution in [0.2, 0.25) is 0 Å². The number of hydrogen-bond donors (Lipinski definition) is 0. The van der Waals surface area contributed by atoms with E-state index in [0.717, 1.165) is 6.54 Å². The van der Waals surface area contributed by atoms with Gasteiger partial charge in [-0.2, -0.15) is 0 Å². The third kappa shape index (κ3) is 7.53. The molecule has 0 radical (unpaired) electrons. The molecule has 7 aromatic rings. The van der Waals surface area contributed by atoms with Crippen LogP contribution in [0.25, 0.3) is 59.7 Å². The fourth-order valence-electron chi connectivity index (χ4n) is 8.09. The molecule has 0 unspecified atom stereocenters. The van der Waals surface area contributed by atoms with Crippen LogP contribution in [0.15, 0.2) is 88.7 Å². The molecule has 7 rings (SSSR count). The van der Waals surface area contributed by atoms with Gasteiger partial charge in [-0.1, -0.05) is 124 Å². The quantitative estimate of drug-likeness (QED) is 0.103. The first kappa shape index (κ1) is 37.0. The molecule has 4 aromatic carbocycles. The summed E-state index contributed by atoms with van der Waals surface area (Å²) in [6, 6.07) is 33.0.